The van der Waals surface area contributed by atoms with Crippen molar-refractivity contribution < 1.29 is 24.9 Å². The Labute approximate surface area is 108 Å². The maximum atomic E-state index is 11.7. The molecule has 0 aliphatic heterocycles. The molecule has 2 atom stereocenters. The molecular formula is C11H12ClNO5. The van der Waals surface area contributed by atoms with Crippen LogP contribution in [0.25, 0.3) is 0 Å². The van der Waals surface area contributed by atoms with E-state index in [0.29, 0.717) is 0 Å². The first-order valence-corrected chi connectivity index (χ1v) is 5.41. The SMILES string of the molecule is C[C@@H](O)[C@H](NC(=O)c1ccc(O)c(Cl)c1)C(=O)O. The molecule has 0 saturated carbocycles. The highest BCUT2D eigenvalue weighted by Gasteiger charge is 2.25. The quantitative estimate of drug-likeness (QED) is 0.643. The fourth-order valence-electron chi connectivity index (χ4n) is 1.26. The van der Waals surface area contributed by atoms with E-state index in [4.69, 9.17) is 16.7 Å². The zero-order chi connectivity index (χ0) is 13.9. The van der Waals surface area contributed by atoms with Gasteiger partial charge in [0.1, 0.15) is 5.75 Å². The maximum Gasteiger partial charge on any atom is 0.328 e. The van der Waals surface area contributed by atoms with E-state index in [2.05, 4.69) is 5.32 Å². The van der Waals surface area contributed by atoms with Gasteiger partial charge in [-0.2, -0.15) is 0 Å². The Bertz CT molecular complexity index is 475. The molecule has 1 amide bonds. The lowest BCUT2D eigenvalue weighted by Crippen LogP contribution is -2.47. The van der Waals surface area contributed by atoms with E-state index < -0.39 is 24.0 Å². The molecular weight excluding hydrogens is 262 g/mol. The number of carboxylic acid groups (broad SMARTS) is 1. The minimum atomic E-state index is -1.41. The molecule has 1 rings (SSSR count). The fraction of sp³-hybridized carbons (Fsp3) is 0.273. The molecule has 0 fully saturated rings. The van der Waals surface area contributed by atoms with E-state index >= 15 is 0 Å². The van der Waals surface area contributed by atoms with E-state index in [1.807, 2.05) is 0 Å². The maximum absolute atomic E-state index is 11.7. The normalized spacial score (nSPS) is 13.7. The smallest absolute Gasteiger partial charge is 0.328 e. The molecule has 18 heavy (non-hydrogen) atoms. The molecule has 0 unspecified atom stereocenters. The predicted octanol–water partition coefficient (Wildman–Crippen LogP) is 0.609. The summed E-state index contributed by atoms with van der Waals surface area (Å²) < 4.78 is 0. The van der Waals surface area contributed by atoms with Crippen molar-refractivity contribution >= 4 is 23.5 Å². The lowest BCUT2D eigenvalue weighted by molar-refractivity contribution is -0.141. The zero-order valence-corrected chi connectivity index (χ0v) is 10.2. The summed E-state index contributed by atoms with van der Waals surface area (Å²) in [4.78, 5) is 22.5. The molecule has 0 aromatic heterocycles. The number of amides is 1. The van der Waals surface area contributed by atoms with Gasteiger partial charge in [0, 0.05) is 5.56 Å². The van der Waals surface area contributed by atoms with Crippen LogP contribution in [0.3, 0.4) is 0 Å². The largest absolute Gasteiger partial charge is 0.506 e. The molecule has 0 spiro atoms. The van der Waals surface area contributed by atoms with E-state index in [1.54, 1.807) is 0 Å². The van der Waals surface area contributed by atoms with Crippen molar-refractivity contribution in [1.82, 2.24) is 5.32 Å². The lowest BCUT2D eigenvalue weighted by atomic mass is 10.1. The number of aromatic hydroxyl groups is 1. The number of phenols is 1. The monoisotopic (exact) mass is 273 g/mol. The van der Waals surface area contributed by atoms with Crippen molar-refractivity contribution in [3.05, 3.63) is 28.8 Å². The van der Waals surface area contributed by atoms with Crippen molar-refractivity contribution in [2.75, 3.05) is 0 Å². The van der Waals surface area contributed by atoms with Gasteiger partial charge in [0.25, 0.3) is 5.91 Å². The van der Waals surface area contributed by atoms with Crippen molar-refractivity contribution in [1.29, 1.82) is 0 Å². The molecule has 0 radical (unpaired) electrons. The van der Waals surface area contributed by atoms with Gasteiger partial charge in [-0.05, 0) is 25.1 Å². The average molecular weight is 274 g/mol. The first kappa shape index (κ1) is 14.3. The first-order valence-electron chi connectivity index (χ1n) is 5.03. The third-order valence-corrected chi connectivity index (χ3v) is 2.55. The molecule has 1 aromatic rings. The topological polar surface area (TPSA) is 107 Å². The molecule has 0 bridgehead atoms. The number of aliphatic hydroxyl groups is 1. The van der Waals surface area contributed by atoms with Gasteiger partial charge in [-0.15, -0.1) is 0 Å². The number of hydrogen-bond acceptors (Lipinski definition) is 4. The molecule has 6 nitrogen and oxygen atoms in total. The van der Waals surface area contributed by atoms with Gasteiger partial charge in [0.15, 0.2) is 6.04 Å². The van der Waals surface area contributed by atoms with E-state index in [0.717, 1.165) is 0 Å². The van der Waals surface area contributed by atoms with Crippen molar-refractivity contribution in [2.24, 2.45) is 0 Å². The van der Waals surface area contributed by atoms with Gasteiger partial charge in [0.05, 0.1) is 11.1 Å². The van der Waals surface area contributed by atoms with Crippen LogP contribution in [0, 0.1) is 0 Å². The van der Waals surface area contributed by atoms with Crippen molar-refractivity contribution in [3.63, 3.8) is 0 Å². The Hall–Kier alpha value is -1.79. The van der Waals surface area contributed by atoms with Gasteiger partial charge in [-0.3, -0.25) is 4.79 Å². The fourth-order valence-corrected chi connectivity index (χ4v) is 1.44. The predicted molar refractivity (Wildman–Crippen MR) is 63.7 cm³/mol. The molecule has 4 N–H and O–H groups in total. The minimum Gasteiger partial charge on any atom is -0.506 e. The van der Waals surface area contributed by atoms with Crippen LogP contribution in [0.2, 0.25) is 5.02 Å². The Kier molecular flexibility index (Phi) is 4.52. The zero-order valence-electron chi connectivity index (χ0n) is 9.42. The van der Waals surface area contributed by atoms with Crippen LogP contribution in [0.15, 0.2) is 18.2 Å². The summed E-state index contributed by atoms with van der Waals surface area (Å²) in [6.45, 7) is 1.25. The van der Waals surface area contributed by atoms with Crippen LogP contribution < -0.4 is 5.32 Å². The van der Waals surface area contributed by atoms with Crippen LogP contribution in [-0.4, -0.2) is 39.3 Å². The molecule has 1 aromatic carbocycles. The highest BCUT2D eigenvalue weighted by atomic mass is 35.5. The van der Waals surface area contributed by atoms with Crippen LogP contribution in [0.4, 0.5) is 0 Å². The van der Waals surface area contributed by atoms with Crippen LogP contribution >= 0.6 is 11.6 Å². The third kappa shape index (κ3) is 3.35. The van der Waals surface area contributed by atoms with Crippen LogP contribution in [-0.2, 0) is 4.79 Å². The van der Waals surface area contributed by atoms with Crippen molar-refractivity contribution in [3.8, 4) is 5.75 Å². The highest BCUT2D eigenvalue weighted by molar-refractivity contribution is 6.32. The number of carbonyl (C=O) groups is 2. The number of aliphatic hydroxyl groups excluding tert-OH is 1. The summed E-state index contributed by atoms with van der Waals surface area (Å²) in [5.41, 5.74) is 0.0877. The van der Waals surface area contributed by atoms with Gasteiger partial charge in [-0.25, -0.2) is 4.79 Å². The second-order valence-corrected chi connectivity index (χ2v) is 4.10. The van der Waals surface area contributed by atoms with Gasteiger partial charge in [-0.1, -0.05) is 11.6 Å². The molecule has 0 aliphatic carbocycles. The molecule has 0 heterocycles. The van der Waals surface area contributed by atoms with E-state index in [-0.39, 0.29) is 16.3 Å². The standard InChI is InChI=1S/C11H12ClNO5/c1-5(14)9(11(17)18)13-10(16)6-2-3-8(15)7(12)4-6/h2-5,9,14-15H,1H3,(H,13,16)(H,17,18)/t5-,9+/m1/s1. The van der Waals surface area contributed by atoms with E-state index in [1.165, 1.54) is 25.1 Å². The number of nitrogens with one attached hydrogen (secondary N) is 1. The number of halogens is 1. The summed E-state index contributed by atoms with van der Waals surface area (Å²) in [5, 5.41) is 29.3. The summed E-state index contributed by atoms with van der Waals surface area (Å²) in [6.07, 6.45) is -1.24. The number of hydrogen-bond donors (Lipinski definition) is 4. The van der Waals surface area contributed by atoms with E-state index in [9.17, 15) is 19.8 Å². The summed E-state index contributed by atoms with van der Waals surface area (Å²) >= 11 is 5.62. The molecule has 7 heteroatoms. The number of carboxylic acids is 1. The molecule has 0 aliphatic rings. The minimum absolute atomic E-state index is 0.0217. The third-order valence-electron chi connectivity index (χ3n) is 2.24. The number of aliphatic carboxylic acids is 1. The highest BCUT2D eigenvalue weighted by Crippen LogP contribution is 2.23. The second-order valence-electron chi connectivity index (χ2n) is 3.70. The Morgan fingerprint density at radius 1 is 1.39 bits per heavy atom. The van der Waals surface area contributed by atoms with Crippen LogP contribution in [0.5, 0.6) is 5.75 Å². The van der Waals surface area contributed by atoms with Gasteiger partial charge in [0.2, 0.25) is 0 Å². The number of benzene rings is 1. The molecule has 98 valence electrons. The summed E-state index contributed by atoms with van der Waals surface area (Å²) in [5.74, 6) is -2.23. The molecule has 0 saturated heterocycles. The second kappa shape index (κ2) is 5.70. The lowest BCUT2D eigenvalue weighted by Gasteiger charge is -2.17. The number of phenolic OH excluding ortho intramolecular Hbond substituents is 1. The van der Waals surface area contributed by atoms with Crippen LogP contribution in [0.1, 0.15) is 17.3 Å². The number of carbonyl (C=O) groups excluding carboxylic acids is 1. The van der Waals surface area contributed by atoms with Gasteiger partial charge >= 0.3 is 5.97 Å². The van der Waals surface area contributed by atoms with Crippen molar-refractivity contribution in [2.45, 2.75) is 19.1 Å². The Balaban J connectivity index is 2.87. The summed E-state index contributed by atoms with van der Waals surface area (Å²) in [7, 11) is 0. The van der Waals surface area contributed by atoms with Gasteiger partial charge < -0.3 is 20.6 Å². The Morgan fingerprint density at radius 2 is 2.00 bits per heavy atom. The average Bonchev–Trinajstić information content (AvgIpc) is 2.28. The number of rotatable bonds is 4. The summed E-state index contributed by atoms with van der Waals surface area (Å²) in [6, 6.07) is 2.30. The Morgan fingerprint density at radius 3 is 2.44 bits per heavy atom. The first-order chi connectivity index (χ1) is 8.32.